The summed E-state index contributed by atoms with van der Waals surface area (Å²) in [7, 11) is -9.91. The summed E-state index contributed by atoms with van der Waals surface area (Å²) in [6.45, 7) is 14.2. The number of ether oxygens (including phenoxy) is 4. The molecule has 0 spiro atoms. The van der Waals surface area contributed by atoms with Crippen molar-refractivity contribution in [2.24, 2.45) is 23.7 Å². The van der Waals surface area contributed by atoms with Gasteiger partial charge in [-0.2, -0.15) is 0 Å². The summed E-state index contributed by atoms with van der Waals surface area (Å²) in [5.74, 6) is 0.936. The van der Waals surface area contributed by atoms with E-state index in [-0.39, 0.29) is 25.7 Å². The number of carbonyl (C=O) groups excluding carboxylic acids is 4. The maximum Gasteiger partial charge on any atom is 0.472 e. The van der Waals surface area contributed by atoms with Gasteiger partial charge in [0.15, 0.2) is 12.2 Å². The van der Waals surface area contributed by atoms with Crippen LogP contribution < -0.4 is 0 Å². The number of aliphatic hydroxyl groups excluding tert-OH is 1. The minimum absolute atomic E-state index is 0.103. The van der Waals surface area contributed by atoms with E-state index < -0.39 is 97.5 Å². The van der Waals surface area contributed by atoms with E-state index in [2.05, 4.69) is 55.4 Å². The van der Waals surface area contributed by atoms with Crippen molar-refractivity contribution in [2.75, 3.05) is 39.6 Å². The van der Waals surface area contributed by atoms with Gasteiger partial charge in [-0.05, 0) is 49.4 Å². The van der Waals surface area contributed by atoms with Gasteiger partial charge in [-0.15, -0.1) is 0 Å². The number of aliphatic hydroxyl groups is 1. The van der Waals surface area contributed by atoms with Crippen molar-refractivity contribution in [3.63, 3.8) is 0 Å². The summed E-state index contributed by atoms with van der Waals surface area (Å²) < 4.78 is 68.4. The molecule has 7 atom stereocenters. The number of phosphoric acid groups is 2. The third-order valence-corrected chi connectivity index (χ3v) is 19.9. The Morgan fingerprint density at radius 3 is 0.755 bits per heavy atom. The standard InChI is InChI=1S/C75H146O17P2/c1-9-67(7)53-45-37-29-23-19-15-11-12-16-21-25-31-41-49-57-74(79)91-70(61-86-73(78)56-48-40-32-26-28-36-44-52-66(5)6)63-89-93(81,82)87-59-69(76)60-88-94(83,84)90-64-71(92-75(80)58-50-42-34-33-38-46-54-68(8)10-2)62-85-72(77)55-47-39-30-24-20-17-13-14-18-22-27-35-43-51-65(3)4/h65-71,76H,9-64H2,1-8H3,(H,81,82)(H,83,84)/t67?,68?,69?,70-,71-/m1/s1. The van der Waals surface area contributed by atoms with Crippen molar-refractivity contribution in [1.29, 1.82) is 0 Å². The molecule has 17 nitrogen and oxygen atoms in total. The van der Waals surface area contributed by atoms with Gasteiger partial charge in [-0.1, -0.05) is 325 Å². The highest BCUT2D eigenvalue weighted by Gasteiger charge is 2.30. The largest absolute Gasteiger partial charge is 0.472 e. The molecule has 0 saturated heterocycles. The SMILES string of the molecule is CCC(C)CCCCCCCCCCCCCCCCC(=O)O[C@H](COC(=O)CCCCCCCCCC(C)C)COP(=O)(O)OCC(O)COP(=O)(O)OC[C@@H](COC(=O)CCCCCCCCCCCCCCCC(C)C)OC(=O)CCCCCCCCC(C)CC. The number of hydrogen-bond acceptors (Lipinski definition) is 15. The average Bonchev–Trinajstić information content (AvgIpc) is 3.76. The second kappa shape index (κ2) is 64.4. The van der Waals surface area contributed by atoms with E-state index in [0.29, 0.717) is 31.6 Å². The van der Waals surface area contributed by atoms with Crippen molar-refractivity contribution >= 4 is 39.5 Å². The topological polar surface area (TPSA) is 237 Å². The van der Waals surface area contributed by atoms with E-state index in [1.54, 1.807) is 0 Å². The van der Waals surface area contributed by atoms with Gasteiger partial charge in [0.05, 0.1) is 26.4 Å². The van der Waals surface area contributed by atoms with E-state index >= 15 is 0 Å². The lowest BCUT2D eigenvalue weighted by Crippen LogP contribution is -2.30. The van der Waals surface area contributed by atoms with Crippen LogP contribution in [0.15, 0.2) is 0 Å². The molecule has 0 aliphatic carbocycles. The highest BCUT2D eigenvalue weighted by Crippen LogP contribution is 2.45. The molecule has 19 heteroatoms. The molecule has 558 valence electrons. The Balaban J connectivity index is 5.20. The summed E-state index contributed by atoms with van der Waals surface area (Å²) >= 11 is 0. The highest BCUT2D eigenvalue weighted by atomic mass is 31.2. The van der Waals surface area contributed by atoms with Crippen molar-refractivity contribution in [3.05, 3.63) is 0 Å². The number of carbonyl (C=O) groups is 4. The Hall–Kier alpha value is -1.94. The van der Waals surface area contributed by atoms with Crippen molar-refractivity contribution < 1.29 is 80.2 Å². The Bertz CT molecular complexity index is 1850. The summed E-state index contributed by atoms with van der Waals surface area (Å²) in [5, 5.41) is 10.6. The van der Waals surface area contributed by atoms with E-state index in [9.17, 15) is 43.2 Å². The molecule has 5 unspecified atom stereocenters. The summed E-state index contributed by atoms with van der Waals surface area (Å²) in [6.07, 6.45) is 48.7. The van der Waals surface area contributed by atoms with Crippen LogP contribution in [0, 0.1) is 23.7 Å². The maximum atomic E-state index is 13.1. The van der Waals surface area contributed by atoms with E-state index in [1.165, 1.54) is 173 Å². The average molecular weight is 1380 g/mol. The lowest BCUT2D eigenvalue weighted by molar-refractivity contribution is -0.161. The molecule has 0 aromatic carbocycles. The fraction of sp³-hybridized carbons (Fsp3) is 0.947. The number of hydrogen-bond donors (Lipinski definition) is 3. The third-order valence-electron chi connectivity index (χ3n) is 18.0. The van der Waals surface area contributed by atoms with Crippen LogP contribution >= 0.6 is 15.6 Å². The normalized spacial score (nSPS) is 14.7. The van der Waals surface area contributed by atoms with Crippen molar-refractivity contribution in [3.8, 4) is 0 Å². The predicted octanol–water partition coefficient (Wildman–Crippen LogP) is 21.7. The van der Waals surface area contributed by atoms with E-state index in [4.69, 9.17) is 37.0 Å². The second-order valence-electron chi connectivity index (χ2n) is 28.5. The van der Waals surface area contributed by atoms with Crippen LogP contribution in [-0.2, 0) is 65.4 Å². The van der Waals surface area contributed by atoms with E-state index in [0.717, 1.165) is 114 Å². The molecular weight excluding hydrogens is 1230 g/mol. The highest BCUT2D eigenvalue weighted by molar-refractivity contribution is 7.47. The number of esters is 4. The number of unbranched alkanes of at least 4 members (excludes halogenated alkanes) is 36. The molecule has 0 heterocycles. The molecule has 0 saturated carbocycles. The van der Waals surface area contributed by atoms with Crippen LogP contribution in [0.4, 0.5) is 0 Å². The van der Waals surface area contributed by atoms with Crippen LogP contribution in [-0.4, -0.2) is 96.7 Å². The van der Waals surface area contributed by atoms with Crippen molar-refractivity contribution in [1.82, 2.24) is 0 Å². The van der Waals surface area contributed by atoms with Gasteiger partial charge < -0.3 is 33.8 Å². The molecule has 0 rings (SSSR count). The van der Waals surface area contributed by atoms with Gasteiger partial charge in [0.2, 0.25) is 0 Å². The van der Waals surface area contributed by atoms with Crippen LogP contribution in [0.2, 0.25) is 0 Å². The molecule has 0 radical (unpaired) electrons. The summed E-state index contributed by atoms with van der Waals surface area (Å²) in [6, 6.07) is 0. The Morgan fingerprint density at radius 2 is 0.511 bits per heavy atom. The Labute approximate surface area is 575 Å². The van der Waals surface area contributed by atoms with Crippen LogP contribution in [0.25, 0.3) is 0 Å². The molecule has 0 aliphatic rings. The van der Waals surface area contributed by atoms with Crippen LogP contribution in [0.1, 0.15) is 376 Å². The number of rotatable bonds is 72. The lowest BCUT2D eigenvalue weighted by Gasteiger charge is -2.21. The molecule has 94 heavy (non-hydrogen) atoms. The quantitative estimate of drug-likeness (QED) is 0.0222. The Kier molecular flexibility index (Phi) is 63.1. The zero-order chi connectivity index (χ0) is 69.6. The summed E-state index contributed by atoms with van der Waals surface area (Å²) in [4.78, 5) is 72.7. The van der Waals surface area contributed by atoms with Gasteiger partial charge in [0.25, 0.3) is 0 Å². The summed E-state index contributed by atoms with van der Waals surface area (Å²) in [5.41, 5.74) is 0. The fourth-order valence-electron chi connectivity index (χ4n) is 11.3. The number of phosphoric ester groups is 2. The maximum absolute atomic E-state index is 13.1. The van der Waals surface area contributed by atoms with Gasteiger partial charge in [0, 0.05) is 25.7 Å². The smallest absolute Gasteiger partial charge is 0.462 e. The molecule has 3 N–H and O–H groups in total. The Morgan fingerprint density at radius 1 is 0.298 bits per heavy atom. The van der Waals surface area contributed by atoms with Crippen LogP contribution in [0.5, 0.6) is 0 Å². The molecule has 0 fully saturated rings. The predicted molar refractivity (Wildman–Crippen MR) is 381 cm³/mol. The molecule has 0 amide bonds. The minimum Gasteiger partial charge on any atom is -0.462 e. The zero-order valence-electron chi connectivity index (χ0n) is 61.6. The van der Waals surface area contributed by atoms with E-state index in [1.807, 2.05) is 0 Å². The minimum atomic E-state index is -4.96. The lowest BCUT2D eigenvalue weighted by atomic mass is 9.99. The molecule has 0 bridgehead atoms. The van der Waals surface area contributed by atoms with Gasteiger partial charge in [-0.25, -0.2) is 9.13 Å². The monoisotopic (exact) mass is 1380 g/mol. The molecular formula is C75H146O17P2. The second-order valence-corrected chi connectivity index (χ2v) is 31.4. The van der Waals surface area contributed by atoms with Gasteiger partial charge in [0.1, 0.15) is 19.3 Å². The molecule has 0 aromatic rings. The zero-order valence-corrected chi connectivity index (χ0v) is 63.4. The third kappa shape index (κ3) is 66.0. The molecule has 0 aliphatic heterocycles. The first-order chi connectivity index (χ1) is 45.2. The van der Waals surface area contributed by atoms with Crippen molar-refractivity contribution in [2.45, 2.75) is 395 Å². The first-order valence-electron chi connectivity index (χ1n) is 38.8. The fourth-order valence-corrected chi connectivity index (χ4v) is 12.9. The van der Waals surface area contributed by atoms with Gasteiger partial charge in [-0.3, -0.25) is 37.3 Å². The first-order valence-corrected chi connectivity index (χ1v) is 41.8. The first kappa shape index (κ1) is 92.1. The molecule has 0 aromatic heterocycles. The van der Waals surface area contributed by atoms with Gasteiger partial charge >= 0.3 is 39.5 Å². The van der Waals surface area contributed by atoms with Crippen LogP contribution in [0.3, 0.4) is 0 Å².